The maximum atomic E-state index is 12.8. The van der Waals surface area contributed by atoms with Crippen LogP contribution in [0, 0.1) is 0 Å². The number of benzene rings is 1. The average molecular weight is 277 g/mol. The fourth-order valence-corrected chi connectivity index (χ4v) is 1.44. The van der Waals surface area contributed by atoms with Gasteiger partial charge in [0.2, 0.25) is 0 Å². The molecule has 7 heteroatoms. The van der Waals surface area contributed by atoms with Crippen molar-refractivity contribution in [3.05, 3.63) is 29.3 Å². The monoisotopic (exact) mass is 277 g/mol. The Hall–Kier alpha value is -1.76. The molecule has 0 heterocycles. The van der Waals surface area contributed by atoms with E-state index >= 15 is 0 Å². The van der Waals surface area contributed by atoms with Gasteiger partial charge in [0, 0.05) is 0 Å². The van der Waals surface area contributed by atoms with Crippen LogP contribution in [0.2, 0.25) is 0 Å². The van der Waals surface area contributed by atoms with Crippen LogP contribution in [0.5, 0.6) is 5.75 Å². The molecule has 1 aromatic rings. The number of carbonyl (C=O) groups is 1. The van der Waals surface area contributed by atoms with E-state index in [0.29, 0.717) is 12.0 Å². The van der Waals surface area contributed by atoms with Crippen molar-refractivity contribution >= 4 is 5.97 Å². The lowest BCUT2D eigenvalue weighted by Gasteiger charge is -2.14. The summed E-state index contributed by atoms with van der Waals surface area (Å²) < 4.78 is 47.7. The number of nitrogens with two attached hydrogens (primary N) is 1. The van der Waals surface area contributed by atoms with Gasteiger partial charge in [-0.2, -0.15) is 13.2 Å². The maximum Gasteiger partial charge on any atom is 0.419 e. The summed E-state index contributed by atoms with van der Waals surface area (Å²) in [5.74, 6) is -1.15. The van der Waals surface area contributed by atoms with Crippen LogP contribution in [-0.4, -0.2) is 26.2 Å². The summed E-state index contributed by atoms with van der Waals surface area (Å²) in [5, 5.41) is 0. The molecule has 0 amide bonds. The van der Waals surface area contributed by atoms with E-state index in [0.717, 1.165) is 13.2 Å². The number of halogens is 3. The lowest BCUT2D eigenvalue weighted by molar-refractivity contribution is -0.145. The lowest BCUT2D eigenvalue weighted by Crippen LogP contribution is -2.16. The number of ether oxygens (including phenoxy) is 2. The highest BCUT2D eigenvalue weighted by Crippen LogP contribution is 2.36. The standard InChI is InChI=1S/C12H14F3NO3/c1-18-11(17)7-19-10-3-2-8(4-5-16)6-9(10)12(13,14)15/h2-3,6H,4-5,7,16H2,1H3. The molecule has 0 aromatic heterocycles. The quantitative estimate of drug-likeness (QED) is 0.833. The van der Waals surface area contributed by atoms with Gasteiger partial charge in [0.15, 0.2) is 6.61 Å². The van der Waals surface area contributed by atoms with Crippen LogP contribution in [0.4, 0.5) is 13.2 Å². The second-order valence-electron chi connectivity index (χ2n) is 3.73. The van der Waals surface area contributed by atoms with Crippen LogP contribution in [-0.2, 0) is 22.1 Å². The van der Waals surface area contributed by atoms with E-state index in [1.807, 2.05) is 0 Å². The molecule has 0 unspecified atom stereocenters. The topological polar surface area (TPSA) is 61.5 Å². The minimum atomic E-state index is -4.56. The van der Waals surface area contributed by atoms with Crippen molar-refractivity contribution in [3.8, 4) is 5.75 Å². The molecular formula is C12H14F3NO3. The molecule has 0 saturated heterocycles. The number of alkyl halides is 3. The van der Waals surface area contributed by atoms with Crippen molar-refractivity contribution in [2.75, 3.05) is 20.3 Å². The van der Waals surface area contributed by atoms with Gasteiger partial charge in [-0.3, -0.25) is 0 Å². The SMILES string of the molecule is COC(=O)COc1ccc(CCN)cc1C(F)(F)F. The van der Waals surface area contributed by atoms with Crippen molar-refractivity contribution in [1.82, 2.24) is 0 Å². The summed E-state index contributed by atoms with van der Waals surface area (Å²) in [6, 6.07) is 3.63. The summed E-state index contributed by atoms with van der Waals surface area (Å²) in [4.78, 5) is 10.9. The van der Waals surface area contributed by atoms with Crippen molar-refractivity contribution in [1.29, 1.82) is 0 Å². The Kier molecular flexibility index (Phi) is 5.17. The van der Waals surface area contributed by atoms with Crippen molar-refractivity contribution in [3.63, 3.8) is 0 Å². The van der Waals surface area contributed by atoms with Gasteiger partial charge >= 0.3 is 12.1 Å². The molecular weight excluding hydrogens is 263 g/mol. The second kappa shape index (κ2) is 6.42. The second-order valence-corrected chi connectivity index (χ2v) is 3.73. The van der Waals surface area contributed by atoms with Crippen molar-refractivity contribution < 1.29 is 27.4 Å². The fraction of sp³-hybridized carbons (Fsp3) is 0.417. The zero-order chi connectivity index (χ0) is 14.5. The molecule has 19 heavy (non-hydrogen) atoms. The molecule has 0 atom stereocenters. The minimum Gasteiger partial charge on any atom is -0.481 e. The molecule has 2 N–H and O–H groups in total. The summed E-state index contributed by atoms with van der Waals surface area (Å²) >= 11 is 0. The van der Waals surface area contributed by atoms with Gasteiger partial charge in [-0.1, -0.05) is 6.07 Å². The van der Waals surface area contributed by atoms with Gasteiger partial charge in [0.05, 0.1) is 12.7 Å². The van der Waals surface area contributed by atoms with E-state index in [9.17, 15) is 18.0 Å². The van der Waals surface area contributed by atoms with E-state index in [2.05, 4.69) is 4.74 Å². The van der Waals surface area contributed by atoms with E-state index in [1.54, 1.807) is 0 Å². The zero-order valence-electron chi connectivity index (χ0n) is 10.3. The third-order valence-electron chi connectivity index (χ3n) is 2.36. The van der Waals surface area contributed by atoms with Crippen LogP contribution in [0.1, 0.15) is 11.1 Å². The molecule has 4 nitrogen and oxygen atoms in total. The summed E-state index contributed by atoms with van der Waals surface area (Å²) in [6.07, 6.45) is -4.23. The molecule has 0 fully saturated rings. The molecule has 0 bridgehead atoms. The first-order valence-corrected chi connectivity index (χ1v) is 5.48. The highest BCUT2D eigenvalue weighted by molar-refractivity contribution is 5.71. The van der Waals surface area contributed by atoms with E-state index in [4.69, 9.17) is 10.5 Å². The van der Waals surface area contributed by atoms with E-state index in [1.165, 1.54) is 12.1 Å². The first-order valence-electron chi connectivity index (χ1n) is 5.48. The maximum absolute atomic E-state index is 12.8. The van der Waals surface area contributed by atoms with Crippen molar-refractivity contribution in [2.24, 2.45) is 5.73 Å². The predicted molar refractivity (Wildman–Crippen MR) is 61.7 cm³/mol. The number of carbonyl (C=O) groups excluding carboxylic acids is 1. The van der Waals surface area contributed by atoms with Crippen LogP contribution in [0.3, 0.4) is 0 Å². The van der Waals surface area contributed by atoms with E-state index < -0.39 is 30.1 Å². The van der Waals surface area contributed by atoms with Gasteiger partial charge in [0.1, 0.15) is 5.75 Å². The molecule has 0 radical (unpaired) electrons. The fourth-order valence-electron chi connectivity index (χ4n) is 1.44. The van der Waals surface area contributed by atoms with Crippen LogP contribution >= 0.6 is 0 Å². The van der Waals surface area contributed by atoms with Crippen LogP contribution in [0.25, 0.3) is 0 Å². The van der Waals surface area contributed by atoms with E-state index in [-0.39, 0.29) is 6.54 Å². The Morgan fingerprint density at radius 3 is 2.58 bits per heavy atom. The highest BCUT2D eigenvalue weighted by atomic mass is 19.4. The van der Waals surface area contributed by atoms with Gasteiger partial charge in [0.25, 0.3) is 0 Å². The van der Waals surface area contributed by atoms with Gasteiger partial charge < -0.3 is 15.2 Å². The van der Waals surface area contributed by atoms with Gasteiger partial charge in [-0.25, -0.2) is 4.79 Å². The van der Waals surface area contributed by atoms with Crippen molar-refractivity contribution in [2.45, 2.75) is 12.6 Å². The number of methoxy groups -OCH3 is 1. The van der Waals surface area contributed by atoms with Crippen LogP contribution < -0.4 is 10.5 Å². The largest absolute Gasteiger partial charge is 0.481 e. The Balaban J connectivity index is 2.99. The lowest BCUT2D eigenvalue weighted by atomic mass is 10.1. The Morgan fingerprint density at radius 1 is 1.37 bits per heavy atom. The first kappa shape index (κ1) is 15.3. The molecule has 0 saturated carbocycles. The smallest absolute Gasteiger partial charge is 0.419 e. The number of hydrogen-bond donors (Lipinski definition) is 1. The predicted octanol–water partition coefficient (Wildman–Crippen LogP) is 1.76. The molecule has 1 rings (SSSR count). The number of hydrogen-bond acceptors (Lipinski definition) is 4. The molecule has 1 aromatic carbocycles. The Bertz CT molecular complexity index is 446. The minimum absolute atomic E-state index is 0.250. The summed E-state index contributed by atoms with van der Waals surface area (Å²) in [7, 11) is 1.13. The van der Waals surface area contributed by atoms with Gasteiger partial charge in [-0.15, -0.1) is 0 Å². The van der Waals surface area contributed by atoms with Gasteiger partial charge in [-0.05, 0) is 30.7 Å². The summed E-state index contributed by atoms with van der Waals surface area (Å²) in [6.45, 7) is -0.324. The number of esters is 1. The zero-order valence-corrected chi connectivity index (χ0v) is 10.3. The van der Waals surface area contributed by atoms with Crippen LogP contribution in [0.15, 0.2) is 18.2 Å². The molecule has 0 aliphatic rings. The Morgan fingerprint density at radius 2 is 2.05 bits per heavy atom. The molecule has 106 valence electrons. The molecule has 0 spiro atoms. The third kappa shape index (κ3) is 4.44. The molecule has 0 aliphatic carbocycles. The highest BCUT2D eigenvalue weighted by Gasteiger charge is 2.34. The average Bonchev–Trinajstić information content (AvgIpc) is 2.36. The molecule has 0 aliphatic heterocycles. The Labute approximate surface area is 108 Å². The third-order valence-corrected chi connectivity index (χ3v) is 2.36. The normalized spacial score (nSPS) is 11.2. The summed E-state index contributed by atoms with van der Waals surface area (Å²) in [5.41, 5.74) is 4.83. The first-order chi connectivity index (χ1) is 8.88. The number of rotatable bonds is 5.